The van der Waals surface area contributed by atoms with E-state index in [-0.39, 0.29) is 5.82 Å². The predicted octanol–water partition coefficient (Wildman–Crippen LogP) is 4.25. The van der Waals surface area contributed by atoms with Crippen molar-refractivity contribution in [3.8, 4) is 11.5 Å². The van der Waals surface area contributed by atoms with Crippen molar-refractivity contribution in [1.82, 2.24) is 10.2 Å². The molecule has 0 aliphatic heterocycles. The largest absolute Gasteiger partial charge is 0.419 e. The van der Waals surface area contributed by atoms with Crippen LogP contribution in [0.4, 0.5) is 10.1 Å². The molecule has 1 aromatic heterocycles. The van der Waals surface area contributed by atoms with E-state index in [4.69, 9.17) is 4.42 Å². The van der Waals surface area contributed by atoms with Gasteiger partial charge in [-0.15, -0.1) is 10.2 Å². The molecule has 1 heterocycles. The van der Waals surface area contributed by atoms with E-state index >= 15 is 0 Å². The average molecular weight is 348 g/mol. The van der Waals surface area contributed by atoms with Crippen molar-refractivity contribution < 1.29 is 8.81 Å². The number of anilines is 1. The van der Waals surface area contributed by atoms with Crippen LogP contribution in [0.2, 0.25) is 0 Å². The Morgan fingerprint density at radius 3 is 2.67 bits per heavy atom. The van der Waals surface area contributed by atoms with Crippen LogP contribution in [0.25, 0.3) is 11.5 Å². The molecule has 106 valence electrons. The first-order chi connectivity index (χ1) is 10.2. The minimum Gasteiger partial charge on any atom is -0.419 e. The van der Waals surface area contributed by atoms with Gasteiger partial charge in [0.1, 0.15) is 5.82 Å². The van der Waals surface area contributed by atoms with Gasteiger partial charge in [0.15, 0.2) is 0 Å². The lowest BCUT2D eigenvalue weighted by atomic mass is 10.2. The van der Waals surface area contributed by atoms with Crippen LogP contribution < -0.4 is 5.32 Å². The predicted molar refractivity (Wildman–Crippen MR) is 81.2 cm³/mol. The van der Waals surface area contributed by atoms with Crippen molar-refractivity contribution in [2.24, 2.45) is 0 Å². The Balaban J connectivity index is 1.70. The molecule has 0 spiro atoms. The van der Waals surface area contributed by atoms with Gasteiger partial charge in [-0.25, -0.2) is 4.39 Å². The van der Waals surface area contributed by atoms with Crippen LogP contribution in [0.5, 0.6) is 0 Å². The average Bonchev–Trinajstić information content (AvgIpc) is 2.96. The van der Waals surface area contributed by atoms with E-state index in [1.807, 2.05) is 30.3 Å². The number of nitrogens with zero attached hydrogens (tertiary/aromatic N) is 2. The van der Waals surface area contributed by atoms with E-state index in [0.717, 1.165) is 11.3 Å². The Hall–Kier alpha value is -2.21. The summed E-state index contributed by atoms with van der Waals surface area (Å²) in [6.07, 6.45) is 0. The molecule has 0 radical (unpaired) electrons. The molecule has 0 fully saturated rings. The monoisotopic (exact) mass is 347 g/mol. The molecule has 21 heavy (non-hydrogen) atoms. The van der Waals surface area contributed by atoms with Crippen LogP contribution >= 0.6 is 15.9 Å². The normalized spacial score (nSPS) is 10.6. The molecule has 0 aliphatic rings. The summed E-state index contributed by atoms with van der Waals surface area (Å²) in [6.45, 7) is 0.365. The Bertz CT molecular complexity index is 746. The van der Waals surface area contributed by atoms with E-state index in [2.05, 4.69) is 31.4 Å². The first kappa shape index (κ1) is 13.8. The van der Waals surface area contributed by atoms with Crippen molar-refractivity contribution in [2.45, 2.75) is 6.54 Å². The van der Waals surface area contributed by atoms with Gasteiger partial charge in [-0.2, -0.15) is 0 Å². The van der Waals surface area contributed by atoms with Crippen LogP contribution in [0, 0.1) is 5.82 Å². The van der Waals surface area contributed by atoms with Crippen LogP contribution in [-0.2, 0) is 6.54 Å². The minimum atomic E-state index is -0.295. The molecule has 4 nitrogen and oxygen atoms in total. The number of aromatic nitrogens is 2. The number of hydrogen-bond donors (Lipinski definition) is 1. The van der Waals surface area contributed by atoms with Crippen LogP contribution in [0.15, 0.2) is 57.4 Å². The third-order valence-electron chi connectivity index (χ3n) is 2.85. The fourth-order valence-electron chi connectivity index (χ4n) is 1.83. The highest BCUT2D eigenvalue weighted by Gasteiger charge is 2.08. The molecule has 1 N–H and O–H groups in total. The summed E-state index contributed by atoms with van der Waals surface area (Å²) in [6, 6.07) is 14.0. The minimum absolute atomic E-state index is 0.295. The molecule has 3 rings (SSSR count). The molecule has 3 aromatic rings. The molecule has 6 heteroatoms. The molecule has 0 saturated carbocycles. The summed E-state index contributed by atoms with van der Waals surface area (Å²) < 4.78 is 19.2. The molecule has 0 amide bonds. The number of halogens is 2. The molecular formula is C15H11BrFN3O. The molecule has 2 aromatic carbocycles. The van der Waals surface area contributed by atoms with Gasteiger partial charge in [0.25, 0.3) is 0 Å². The van der Waals surface area contributed by atoms with E-state index in [9.17, 15) is 4.39 Å². The van der Waals surface area contributed by atoms with E-state index in [0.29, 0.717) is 22.8 Å². The highest BCUT2D eigenvalue weighted by molar-refractivity contribution is 9.10. The van der Waals surface area contributed by atoms with Crippen LogP contribution in [0.3, 0.4) is 0 Å². The van der Waals surface area contributed by atoms with Crippen molar-refractivity contribution in [3.63, 3.8) is 0 Å². The quantitative estimate of drug-likeness (QED) is 0.766. The number of rotatable bonds is 4. The lowest BCUT2D eigenvalue weighted by molar-refractivity contribution is 0.515. The van der Waals surface area contributed by atoms with Gasteiger partial charge >= 0.3 is 0 Å². The number of benzene rings is 2. The lowest BCUT2D eigenvalue weighted by Crippen LogP contribution is -2.00. The molecular weight excluding hydrogens is 337 g/mol. The van der Waals surface area contributed by atoms with Crippen molar-refractivity contribution in [2.75, 3.05) is 5.32 Å². The van der Waals surface area contributed by atoms with E-state index < -0.39 is 0 Å². The maximum Gasteiger partial charge on any atom is 0.247 e. The first-order valence-corrected chi connectivity index (χ1v) is 7.08. The van der Waals surface area contributed by atoms with E-state index in [1.165, 1.54) is 12.1 Å². The summed E-state index contributed by atoms with van der Waals surface area (Å²) in [4.78, 5) is 0. The Morgan fingerprint density at radius 2 is 1.90 bits per heavy atom. The van der Waals surface area contributed by atoms with E-state index in [1.54, 1.807) is 6.07 Å². The van der Waals surface area contributed by atoms with Crippen LogP contribution in [0.1, 0.15) is 5.89 Å². The second kappa shape index (κ2) is 6.05. The highest BCUT2D eigenvalue weighted by Crippen LogP contribution is 2.24. The standard InChI is InChI=1S/C15H11BrFN3O/c16-12-8-11(17)6-7-13(12)18-9-14-19-20-15(21-14)10-4-2-1-3-5-10/h1-8,18H,9H2. The van der Waals surface area contributed by atoms with Gasteiger partial charge in [-0.3, -0.25) is 0 Å². The SMILES string of the molecule is Fc1ccc(NCc2nnc(-c3ccccc3)o2)c(Br)c1. The highest BCUT2D eigenvalue weighted by atomic mass is 79.9. The van der Waals surface area contributed by atoms with Gasteiger partial charge in [0, 0.05) is 15.7 Å². The van der Waals surface area contributed by atoms with Gasteiger partial charge in [-0.05, 0) is 46.3 Å². The van der Waals surface area contributed by atoms with Crippen LogP contribution in [-0.4, -0.2) is 10.2 Å². The molecule has 0 bridgehead atoms. The molecule has 0 saturated heterocycles. The summed E-state index contributed by atoms with van der Waals surface area (Å²) in [5.74, 6) is 0.646. The maximum atomic E-state index is 13.0. The lowest BCUT2D eigenvalue weighted by Gasteiger charge is -2.05. The third-order valence-corrected chi connectivity index (χ3v) is 3.50. The second-order valence-corrected chi connectivity index (χ2v) is 5.20. The zero-order valence-electron chi connectivity index (χ0n) is 10.9. The zero-order chi connectivity index (χ0) is 14.7. The Kier molecular flexibility index (Phi) is 3.96. The Morgan fingerprint density at radius 1 is 1.10 bits per heavy atom. The summed E-state index contributed by atoms with van der Waals surface area (Å²) in [5, 5.41) is 11.1. The topological polar surface area (TPSA) is 51.0 Å². The maximum absolute atomic E-state index is 13.0. The summed E-state index contributed by atoms with van der Waals surface area (Å²) in [7, 11) is 0. The fraction of sp³-hybridized carbons (Fsp3) is 0.0667. The summed E-state index contributed by atoms with van der Waals surface area (Å²) >= 11 is 3.29. The molecule has 0 aliphatic carbocycles. The zero-order valence-corrected chi connectivity index (χ0v) is 12.5. The van der Waals surface area contributed by atoms with Gasteiger partial charge in [0.05, 0.1) is 6.54 Å². The third kappa shape index (κ3) is 3.28. The number of hydrogen-bond acceptors (Lipinski definition) is 4. The van der Waals surface area contributed by atoms with Gasteiger partial charge < -0.3 is 9.73 Å². The fourth-order valence-corrected chi connectivity index (χ4v) is 2.32. The smallest absolute Gasteiger partial charge is 0.247 e. The molecule has 0 unspecified atom stereocenters. The van der Waals surface area contributed by atoms with Crippen molar-refractivity contribution in [1.29, 1.82) is 0 Å². The number of nitrogens with one attached hydrogen (secondary N) is 1. The van der Waals surface area contributed by atoms with Crippen molar-refractivity contribution >= 4 is 21.6 Å². The second-order valence-electron chi connectivity index (χ2n) is 4.34. The van der Waals surface area contributed by atoms with Crippen molar-refractivity contribution in [3.05, 3.63) is 64.7 Å². The summed E-state index contributed by atoms with van der Waals surface area (Å²) in [5.41, 5.74) is 1.63. The van der Waals surface area contributed by atoms with Gasteiger partial charge in [-0.1, -0.05) is 18.2 Å². The molecule has 0 atom stereocenters. The first-order valence-electron chi connectivity index (χ1n) is 6.29. The Labute approximate surface area is 129 Å². The van der Waals surface area contributed by atoms with Gasteiger partial charge in [0.2, 0.25) is 11.8 Å².